The van der Waals surface area contributed by atoms with Gasteiger partial charge in [0.1, 0.15) is 0 Å². The number of carbonyl (C=O) groups is 1. The van der Waals surface area contributed by atoms with Gasteiger partial charge in [0.15, 0.2) is 0 Å². The Kier molecular flexibility index (Phi) is 4.28. The summed E-state index contributed by atoms with van der Waals surface area (Å²) >= 11 is 1.83. The molecule has 2 heterocycles. The third-order valence-electron chi connectivity index (χ3n) is 3.40. The van der Waals surface area contributed by atoms with E-state index in [1.165, 1.54) is 5.03 Å². The number of thioether (sulfide) groups is 1. The summed E-state index contributed by atoms with van der Waals surface area (Å²) in [7, 11) is 2.08. The van der Waals surface area contributed by atoms with E-state index >= 15 is 0 Å². The molecule has 0 unspecified atom stereocenters. The summed E-state index contributed by atoms with van der Waals surface area (Å²) in [5, 5.41) is 7.26. The Morgan fingerprint density at radius 2 is 2.05 bits per heavy atom. The van der Waals surface area contributed by atoms with E-state index in [4.69, 9.17) is 0 Å². The van der Waals surface area contributed by atoms with Crippen molar-refractivity contribution in [3.8, 4) is 0 Å². The fourth-order valence-corrected chi connectivity index (χ4v) is 3.27. The van der Waals surface area contributed by atoms with Crippen molar-refractivity contribution in [2.45, 2.75) is 27.7 Å². The number of hydrogen-bond donors (Lipinski definition) is 0. The van der Waals surface area contributed by atoms with E-state index < -0.39 is 0 Å². The molecular weight excluding hydrogens is 270 g/mol. The van der Waals surface area contributed by atoms with Gasteiger partial charge in [-0.2, -0.15) is 5.10 Å². The van der Waals surface area contributed by atoms with Gasteiger partial charge in [0.05, 0.1) is 16.3 Å². The van der Waals surface area contributed by atoms with Gasteiger partial charge in [-0.25, -0.2) is 5.01 Å². The normalized spacial score (nSPS) is 24.2. The maximum Gasteiger partial charge on any atom is 0.275 e. The molecule has 1 saturated heterocycles. The molecule has 0 radical (unpaired) electrons. The van der Waals surface area contributed by atoms with Gasteiger partial charge in [-0.1, -0.05) is 20.8 Å². The van der Waals surface area contributed by atoms with E-state index in [9.17, 15) is 4.79 Å². The molecule has 0 bridgehead atoms. The molecule has 1 fully saturated rings. The average Bonchev–Trinajstić information content (AvgIpc) is 2.90. The predicted octanol–water partition coefficient (Wildman–Crippen LogP) is 2.70. The summed E-state index contributed by atoms with van der Waals surface area (Å²) in [6, 6.07) is 0. The van der Waals surface area contributed by atoms with E-state index in [0.29, 0.717) is 6.54 Å². The fourth-order valence-electron chi connectivity index (χ4n) is 2.22. The molecule has 0 aromatic carbocycles. The van der Waals surface area contributed by atoms with Gasteiger partial charge in [-0.15, -0.1) is 11.8 Å². The molecule has 1 amide bonds. The van der Waals surface area contributed by atoms with Crippen LogP contribution in [0.4, 0.5) is 0 Å². The zero-order valence-corrected chi connectivity index (χ0v) is 13.8. The van der Waals surface area contributed by atoms with Crippen LogP contribution in [0.3, 0.4) is 0 Å². The number of carbonyl (C=O) groups excluding carboxylic acids is 1. The van der Waals surface area contributed by atoms with Crippen LogP contribution in [0.1, 0.15) is 27.7 Å². The van der Waals surface area contributed by atoms with Crippen molar-refractivity contribution in [3.63, 3.8) is 0 Å². The monoisotopic (exact) mass is 293 g/mol. The Hall–Kier alpha value is -1.23. The third kappa shape index (κ3) is 2.92. The highest BCUT2D eigenvalue weighted by molar-refractivity contribution is 8.03. The minimum absolute atomic E-state index is 0.0138. The van der Waals surface area contributed by atoms with Gasteiger partial charge in [0.2, 0.25) is 0 Å². The number of allylic oxidation sites excluding steroid dienone is 2. The highest BCUT2D eigenvalue weighted by Crippen LogP contribution is 2.30. The molecule has 0 atom stereocenters. The Bertz CT molecular complexity index is 500. The molecule has 4 nitrogen and oxygen atoms in total. The van der Waals surface area contributed by atoms with Crippen molar-refractivity contribution in [2.75, 3.05) is 25.9 Å². The number of hydrazone groups is 1. The van der Waals surface area contributed by atoms with Crippen LogP contribution in [0.25, 0.3) is 0 Å². The Morgan fingerprint density at radius 3 is 2.55 bits per heavy atom. The summed E-state index contributed by atoms with van der Waals surface area (Å²) in [5.41, 5.74) is 1.48. The van der Waals surface area contributed by atoms with Crippen LogP contribution >= 0.6 is 11.8 Å². The Labute approximate surface area is 125 Å². The van der Waals surface area contributed by atoms with Crippen LogP contribution in [-0.2, 0) is 4.79 Å². The lowest BCUT2D eigenvalue weighted by Crippen LogP contribution is -2.24. The van der Waals surface area contributed by atoms with Crippen LogP contribution in [0, 0.1) is 5.41 Å². The van der Waals surface area contributed by atoms with Crippen molar-refractivity contribution in [1.29, 1.82) is 0 Å². The van der Waals surface area contributed by atoms with Crippen LogP contribution in [-0.4, -0.2) is 47.4 Å². The molecule has 0 aromatic heterocycles. The van der Waals surface area contributed by atoms with Crippen LogP contribution in [0.15, 0.2) is 27.9 Å². The van der Waals surface area contributed by atoms with Gasteiger partial charge in [0, 0.05) is 31.3 Å². The highest BCUT2D eigenvalue weighted by Gasteiger charge is 2.35. The summed E-state index contributed by atoms with van der Waals surface area (Å²) < 4.78 is 0. The molecule has 0 aromatic rings. The first kappa shape index (κ1) is 15.2. The maximum atomic E-state index is 12.4. The third-order valence-corrected chi connectivity index (χ3v) is 4.53. The summed E-state index contributed by atoms with van der Waals surface area (Å²) in [6.07, 6.45) is 3.98. The number of likely N-dealkylation sites (N-methyl/N-ethyl adjacent to an activating group) is 1. The van der Waals surface area contributed by atoms with E-state index in [1.54, 1.807) is 5.01 Å². The molecule has 110 valence electrons. The topological polar surface area (TPSA) is 35.9 Å². The molecule has 0 saturated carbocycles. The van der Waals surface area contributed by atoms with Crippen molar-refractivity contribution < 1.29 is 4.79 Å². The highest BCUT2D eigenvalue weighted by atomic mass is 32.2. The van der Waals surface area contributed by atoms with Crippen molar-refractivity contribution >= 4 is 23.4 Å². The zero-order chi connectivity index (χ0) is 14.9. The van der Waals surface area contributed by atoms with Crippen LogP contribution in [0.2, 0.25) is 0 Å². The van der Waals surface area contributed by atoms with Gasteiger partial charge in [-0.3, -0.25) is 4.79 Å². The van der Waals surface area contributed by atoms with Gasteiger partial charge in [0.25, 0.3) is 5.91 Å². The molecular formula is C15H23N3OS. The van der Waals surface area contributed by atoms with Crippen LogP contribution < -0.4 is 0 Å². The van der Waals surface area contributed by atoms with Gasteiger partial charge < -0.3 is 4.90 Å². The predicted molar refractivity (Wildman–Crippen MR) is 85.5 cm³/mol. The van der Waals surface area contributed by atoms with E-state index in [-0.39, 0.29) is 11.3 Å². The number of nitrogens with zero attached hydrogens (tertiary/aromatic N) is 3. The lowest BCUT2D eigenvalue weighted by molar-refractivity contribution is -0.125. The number of amides is 1. The van der Waals surface area contributed by atoms with Gasteiger partial charge in [-0.05, 0) is 19.1 Å². The first-order valence-electron chi connectivity index (χ1n) is 7.02. The Balaban J connectivity index is 2.33. The van der Waals surface area contributed by atoms with Crippen molar-refractivity contribution in [2.24, 2.45) is 10.5 Å². The number of hydrogen-bond acceptors (Lipinski definition) is 4. The molecule has 0 spiro atoms. The first-order chi connectivity index (χ1) is 9.34. The van der Waals surface area contributed by atoms with Gasteiger partial charge >= 0.3 is 0 Å². The molecule has 5 heteroatoms. The molecule has 20 heavy (non-hydrogen) atoms. The molecule has 0 N–H and O–H groups in total. The first-order valence-corrected chi connectivity index (χ1v) is 8.00. The van der Waals surface area contributed by atoms with Crippen LogP contribution in [0.5, 0.6) is 0 Å². The minimum atomic E-state index is -0.126. The zero-order valence-electron chi connectivity index (χ0n) is 12.9. The molecule has 0 aliphatic carbocycles. The van der Waals surface area contributed by atoms with E-state index in [1.807, 2.05) is 30.8 Å². The average molecular weight is 293 g/mol. The van der Waals surface area contributed by atoms with E-state index in [2.05, 4.69) is 37.8 Å². The fraction of sp³-hybridized carbons (Fsp3) is 0.600. The molecule has 2 aliphatic rings. The molecule has 2 rings (SSSR count). The summed E-state index contributed by atoms with van der Waals surface area (Å²) in [4.78, 5) is 14.6. The second-order valence-electron chi connectivity index (χ2n) is 6.07. The molecule has 2 aliphatic heterocycles. The number of rotatable bonds is 2. The van der Waals surface area contributed by atoms with E-state index in [0.717, 1.165) is 23.6 Å². The smallest absolute Gasteiger partial charge is 0.275 e. The maximum absolute atomic E-state index is 12.4. The summed E-state index contributed by atoms with van der Waals surface area (Å²) in [6.45, 7) is 9.90. The standard InChI is InChI=1S/C15H23N3OS/c1-6-18-14(19)11(13(16-18)15(2,3)4)7-8-12-17(5)9-10-20-12/h7-8H,6,9-10H2,1-5H3/b11-7+,12-8+. The largest absolute Gasteiger partial charge is 0.369 e. The SMILES string of the molecule is CCN1N=C(C(C)(C)C)/C(=C\C=C2\SCCN2C)C1=O. The quantitative estimate of drug-likeness (QED) is 0.734. The minimum Gasteiger partial charge on any atom is -0.369 e. The van der Waals surface area contributed by atoms with Crippen molar-refractivity contribution in [1.82, 2.24) is 9.91 Å². The second-order valence-corrected chi connectivity index (χ2v) is 7.19. The van der Waals surface area contributed by atoms with Crippen molar-refractivity contribution in [3.05, 3.63) is 22.8 Å². The summed E-state index contributed by atoms with van der Waals surface area (Å²) in [5.74, 6) is 1.13. The second kappa shape index (κ2) is 5.64. The lowest BCUT2D eigenvalue weighted by Gasteiger charge is -2.17. The Morgan fingerprint density at radius 1 is 1.35 bits per heavy atom. The lowest BCUT2D eigenvalue weighted by atomic mass is 9.85.